The Hall–Kier alpha value is -2.86. The van der Waals surface area contributed by atoms with Gasteiger partial charge < -0.3 is 4.74 Å². The van der Waals surface area contributed by atoms with E-state index >= 15 is 0 Å². The Kier molecular flexibility index (Phi) is 6.95. The third kappa shape index (κ3) is 5.32. The smallest absolute Gasteiger partial charge is 0.373 e. The Labute approximate surface area is 231 Å². The second kappa shape index (κ2) is 10.3. The molecule has 3 saturated heterocycles. The van der Waals surface area contributed by atoms with Crippen molar-refractivity contribution >= 4 is 51.5 Å². The van der Waals surface area contributed by atoms with Crippen molar-refractivity contribution in [1.82, 2.24) is 19.6 Å². The minimum Gasteiger partial charge on any atom is -0.373 e. The molecule has 2 atom stereocenters. The Balaban J connectivity index is 1.18. The molecule has 0 aliphatic carbocycles. The van der Waals surface area contributed by atoms with E-state index in [0.29, 0.717) is 40.6 Å². The zero-order chi connectivity index (χ0) is 27.3. The fourth-order valence-electron chi connectivity index (χ4n) is 5.44. The van der Waals surface area contributed by atoms with Crippen molar-refractivity contribution in [3.63, 3.8) is 0 Å². The lowest BCUT2D eigenvalue weighted by Crippen LogP contribution is -2.50. The van der Waals surface area contributed by atoms with Gasteiger partial charge in [-0.25, -0.2) is 0 Å². The molecule has 0 spiro atoms. The number of aromatic nitrogens is 2. The van der Waals surface area contributed by atoms with Gasteiger partial charge in [0.25, 0.3) is 11.1 Å². The number of hydrogen-bond acceptors (Lipinski definition) is 6. The van der Waals surface area contributed by atoms with Gasteiger partial charge in [0.05, 0.1) is 48.0 Å². The first-order chi connectivity index (χ1) is 18.7. The van der Waals surface area contributed by atoms with E-state index in [2.05, 4.69) is 10.00 Å². The summed E-state index contributed by atoms with van der Waals surface area (Å²) in [5.41, 5.74) is 0.573. The number of amides is 2. The highest BCUT2D eigenvalue weighted by molar-refractivity contribution is 8.18. The number of rotatable bonds is 5. The summed E-state index contributed by atoms with van der Waals surface area (Å²) in [5, 5.41) is 4.66. The number of nitrogens with zero attached hydrogens (tertiary/aromatic N) is 4. The number of ether oxygens (including phenoxy) is 1. The number of fused-ring (bicyclic) bond motifs is 2. The van der Waals surface area contributed by atoms with Gasteiger partial charge >= 0.3 is 6.18 Å². The van der Waals surface area contributed by atoms with E-state index in [1.54, 1.807) is 30.5 Å². The molecule has 4 heterocycles. The van der Waals surface area contributed by atoms with Crippen molar-refractivity contribution < 1.29 is 27.5 Å². The number of carbonyl (C=O) groups is 2. The molecular weight excluding hydrogens is 553 g/mol. The van der Waals surface area contributed by atoms with Gasteiger partial charge in [0, 0.05) is 23.0 Å². The molecule has 0 radical (unpaired) electrons. The topological polar surface area (TPSA) is 67.7 Å². The number of imide groups is 1. The van der Waals surface area contributed by atoms with Crippen molar-refractivity contribution in [1.29, 1.82) is 0 Å². The van der Waals surface area contributed by atoms with Gasteiger partial charge in [-0.2, -0.15) is 18.3 Å². The molecule has 0 bridgehead atoms. The van der Waals surface area contributed by atoms with Crippen LogP contribution in [0.15, 0.2) is 47.5 Å². The Morgan fingerprint density at radius 2 is 2.03 bits per heavy atom. The molecule has 6 rings (SSSR count). The highest BCUT2D eigenvalue weighted by Gasteiger charge is 2.39. The van der Waals surface area contributed by atoms with Gasteiger partial charge in [0.15, 0.2) is 0 Å². The monoisotopic (exact) mass is 576 g/mol. The minimum absolute atomic E-state index is 0.0111. The summed E-state index contributed by atoms with van der Waals surface area (Å²) in [4.78, 5) is 29.6. The number of carbonyl (C=O) groups excluding carboxylic acids is 2. The molecule has 2 amide bonds. The predicted molar refractivity (Wildman–Crippen MR) is 142 cm³/mol. The first-order valence-electron chi connectivity index (χ1n) is 12.6. The molecule has 3 aliphatic heterocycles. The molecule has 204 valence electrons. The average Bonchev–Trinajstić information content (AvgIpc) is 3.59. The molecule has 0 saturated carbocycles. The van der Waals surface area contributed by atoms with E-state index in [1.165, 1.54) is 21.7 Å². The van der Waals surface area contributed by atoms with Crippen molar-refractivity contribution in [2.45, 2.75) is 37.7 Å². The quantitative estimate of drug-likeness (QED) is 0.365. The maximum atomic E-state index is 13.5. The number of hydrogen-bond donors (Lipinski definition) is 0. The summed E-state index contributed by atoms with van der Waals surface area (Å²) >= 11 is 6.69. The summed E-state index contributed by atoms with van der Waals surface area (Å²) in [6.07, 6.45) is 0.737. The van der Waals surface area contributed by atoms with E-state index in [1.807, 2.05) is 0 Å². The second-order valence-corrected chi connectivity index (χ2v) is 11.4. The van der Waals surface area contributed by atoms with Crippen LogP contribution in [-0.2, 0) is 22.3 Å². The highest BCUT2D eigenvalue weighted by Crippen LogP contribution is 2.36. The molecule has 2 aromatic carbocycles. The van der Waals surface area contributed by atoms with Crippen LogP contribution in [0.3, 0.4) is 0 Å². The lowest BCUT2D eigenvalue weighted by atomic mass is 10.1. The van der Waals surface area contributed by atoms with Gasteiger partial charge in [-0.05, 0) is 72.6 Å². The van der Waals surface area contributed by atoms with E-state index < -0.39 is 11.7 Å². The molecule has 0 N–H and O–H groups in total. The summed E-state index contributed by atoms with van der Waals surface area (Å²) in [6.45, 7) is 2.50. The highest BCUT2D eigenvalue weighted by atomic mass is 35.5. The zero-order valence-corrected chi connectivity index (χ0v) is 22.2. The van der Waals surface area contributed by atoms with E-state index in [-0.39, 0.29) is 40.9 Å². The molecular formula is C27H24ClF3N4O3S. The Bertz CT molecular complexity index is 1490. The number of benzene rings is 2. The molecule has 12 heteroatoms. The van der Waals surface area contributed by atoms with Crippen LogP contribution in [0.25, 0.3) is 17.0 Å². The van der Waals surface area contributed by atoms with Crippen LogP contribution in [0.2, 0.25) is 5.02 Å². The first-order valence-corrected chi connectivity index (χ1v) is 13.8. The Morgan fingerprint density at radius 1 is 1.18 bits per heavy atom. The van der Waals surface area contributed by atoms with Crippen molar-refractivity contribution in [2.24, 2.45) is 0 Å². The molecule has 39 heavy (non-hydrogen) atoms. The van der Waals surface area contributed by atoms with Crippen LogP contribution in [0, 0.1) is 0 Å². The fourth-order valence-corrected chi connectivity index (χ4v) is 6.46. The second-order valence-electron chi connectivity index (χ2n) is 9.96. The molecule has 0 unspecified atom stereocenters. The first kappa shape index (κ1) is 26.4. The third-order valence-corrected chi connectivity index (χ3v) is 8.52. The van der Waals surface area contributed by atoms with Gasteiger partial charge in [-0.3, -0.25) is 24.1 Å². The van der Waals surface area contributed by atoms with Crippen LogP contribution < -0.4 is 0 Å². The van der Waals surface area contributed by atoms with E-state index in [9.17, 15) is 22.8 Å². The van der Waals surface area contributed by atoms with E-state index in [4.69, 9.17) is 16.3 Å². The van der Waals surface area contributed by atoms with Gasteiger partial charge in [-0.15, -0.1) is 0 Å². The van der Waals surface area contributed by atoms with Crippen LogP contribution >= 0.6 is 23.4 Å². The number of halogens is 4. The third-order valence-electron chi connectivity index (χ3n) is 7.38. The molecule has 3 fully saturated rings. The van der Waals surface area contributed by atoms with Crippen LogP contribution in [0.4, 0.5) is 18.0 Å². The zero-order valence-electron chi connectivity index (χ0n) is 20.7. The van der Waals surface area contributed by atoms with Gasteiger partial charge in [0.1, 0.15) is 0 Å². The maximum absolute atomic E-state index is 13.5. The Morgan fingerprint density at radius 3 is 2.85 bits per heavy atom. The number of alkyl halides is 3. The molecule has 3 aliphatic rings. The lowest BCUT2D eigenvalue weighted by molar-refractivity contribution is -0.138. The largest absolute Gasteiger partial charge is 0.416 e. The van der Waals surface area contributed by atoms with E-state index in [0.717, 1.165) is 37.2 Å². The molecule has 1 aromatic heterocycles. The SMILES string of the molecule is O=C1S/C(=C\c2ccc3c(cnn3Cc3ccc(Cl)cc3C(F)(F)F)c2)C(=O)N1C[C@H]1CN2CCC[C@H]2CO1. The minimum atomic E-state index is -4.54. The average molecular weight is 577 g/mol. The van der Waals surface area contributed by atoms with Crippen molar-refractivity contribution in [3.05, 3.63) is 69.2 Å². The van der Waals surface area contributed by atoms with Crippen LogP contribution in [0.5, 0.6) is 0 Å². The number of thioether (sulfide) groups is 1. The lowest BCUT2D eigenvalue weighted by Gasteiger charge is -2.36. The normalized spacial score (nSPS) is 23.4. The van der Waals surface area contributed by atoms with Crippen LogP contribution in [-0.4, -0.2) is 69.1 Å². The van der Waals surface area contributed by atoms with Crippen LogP contribution in [0.1, 0.15) is 29.5 Å². The predicted octanol–water partition coefficient (Wildman–Crippen LogP) is 5.66. The summed E-state index contributed by atoms with van der Waals surface area (Å²) in [6, 6.07) is 9.40. The van der Waals surface area contributed by atoms with Gasteiger partial charge in [-0.1, -0.05) is 23.7 Å². The molecule has 3 aromatic rings. The molecule has 7 nitrogen and oxygen atoms in total. The standard InChI is InChI=1S/C27H24ClF3N4O3S/c28-19-5-4-17(22(10-19)27(29,30)31)12-35-23-6-3-16(8-18(23)11-32-35)9-24-25(36)34(26(37)39-24)14-21-13-33-7-1-2-20(33)15-38-21/h3-6,8-11,20-21H,1-2,7,12-15H2/b24-9-/t20-,21+/m0/s1. The van der Waals surface area contributed by atoms with Crippen molar-refractivity contribution in [3.8, 4) is 0 Å². The fraction of sp³-hybridized carbons (Fsp3) is 0.370. The summed E-state index contributed by atoms with van der Waals surface area (Å²) < 4.78 is 48.0. The maximum Gasteiger partial charge on any atom is 0.416 e. The summed E-state index contributed by atoms with van der Waals surface area (Å²) in [5.74, 6) is -0.352. The summed E-state index contributed by atoms with van der Waals surface area (Å²) in [7, 11) is 0. The van der Waals surface area contributed by atoms with Crippen molar-refractivity contribution in [2.75, 3.05) is 26.2 Å². The number of morpholine rings is 1. The van der Waals surface area contributed by atoms with Gasteiger partial charge in [0.2, 0.25) is 0 Å².